The minimum atomic E-state index is -0.521. The normalized spacial score (nSPS) is 10.9. The van der Waals surface area contributed by atoms with Gasteiger partial charge < -0.3 is 9.26 Å². The van der Waals surface area contributed by atoms with Gasteiger partial charge in [-0.2, -0.15) is 9.49 Å². The van der Waals surface area contributed by atoms with Crippen LogP contribution in [0.15, 0.2) is 52.1 Å². The number of amides is 1. The van der Waals surface area contributed by atoms with Crippen LogP contribution in [0.4, 0.5) is 4.39 Å². The molecule has 24 heavy (non-hydrogen) atoms. The number of carbonyl (C=O) groups is 1. The Balaban J connectivity index is 1.65. The lowest BCUT2D eigenvalue weighted by atomic mass is 10.1. The molecule has 0 bridgehead atoms. The first-order valence-electron chi connectivity index (χ1n) is 6.85. The van der Waals surface area contributed by atoms with Crippen LogP contribution in [0.3, 0.4) is 0 Å². The molecule has 8 heteroatoms. The molecule has 1 aromatic carbocycles. The molecular formula is C16H12FN3O3S. The lowest BCUT2D eigenvalue weighted by molar-refractivity contribution is 0.0946. The van der Waals surface area contributed by atoms with Crippen LogP contribution in [0.2, 0.25) is 0 Å². The van der Waals surface area contributed by atoms with Crippen molar-refractivity contribution in [2.75, 3.05) is 7.11 Å². The summed E-state index contributed by atoms with van der Waals surface area (Å²) in [5, 5.41) is 7.16. The number of hydrazone groups is 1. The van der Waals surface area contributed by atoms with Crippen molar-refractivity contribution in [1.82, 2.24) is 10.6 Å². The molecule has 0 aliphatic heterocycles. The standard InChI is InChI=1S/C16H12FN3O3S/c1-22-11-4-2-10(3-5-11)14-8-13(20-23-14)16(21)19-18-9-12-6-7-15(17)24-12/h2-9H,1H3,(H,19,21). The monoisotopic (exact) mass is 345 g/mol. The van der Waals surface area contributed by atoms with Crippen LogP contribution in [0.1, 0.15) is 15.4 Å². The lowest BCUT2D eigenvalue weighted by Crippen LogP contribution is -2.17. The van der Waals surface area contributed by atoms with Crippen LogP contribution in [0.25, 0.3) is 11.3 Å². The van der Waals surface area contributed by atoms with E-state index in [2.05, 4.69) is 15.7 Å². The van der Waals surface area contributed by atoms with E-state index in [1.165, 1.54) is 18.3 Å². The number of nitrogens with zero attached hydrogens (tertiary/aromatic N) is 2. The molecule has 2 aromatic heterocycles. The quantitative estimate of drug-likeness (QED) is 0.568. The van der Waals surface area contributed by atoms with E-state index in [4.69, 9.17) is 9.26 Å². The smallest absolute Gasteiger partial charge is 0.293 e. The Bertz CT molecular complexity index is 871. The summed E-state index contributed by atoms with van der Waals surface area (Å²) in [4.78, 5) is 12.5. The Morgan fingerprint density at radius 1 is 1.33 bits per heavy atom. The van der Waals surface area contributed by atoms with Crippen LogP contribution in [-0.2, 0) is 0 Å². The van der Waals surface area contributed by atoms with Crippen molar-refractivity contribution >= 4 is 23.5 Å². The van der Waals surface area contributed by atoms with E-state index in [-0.39, 0.29) is 10.8 Å². The van der Waals surface area contributed by atoms with Crippen molar-refractivity contribution < 1.29 is 18.4 Å². The van der Waals surface area contributed by atoms with Crippen LogP contribution >= 0.6 is 11.3 Å². The number of hydrogen-bond donors (Lipinski definition) is 1. The summed E-state index contributed by atoms with van der Waals surface area (Å²) in [7, 11) is 1.58. The summed E-state index contributed by atoms with van der Waals surface area (Å²) in [5.74, 6) is 0.648. The van der Waals surface area contributed by atoms with Crippen molar-refractivity contribution in [3.8, 4) is 17.1 Å². The van der Waals surface area contributed by atoms with E-state index < -0.39 is 5.91 Å². The molecule has 0 unspecified atom stereocenters. The zero-order valence-corrected chi connectivity index (χ0v) is 13.3. The summed E-state index contributed by atoms with van der Waals surface area (Å²) in [6.45, 7) is 0. The Kier molecular flexibility index (Phi) is 4.66. The lowest BCUT2D eigenvalue weighted by Gasteiger charge is -1.99. The Morgan fingerprint density at radius 2 is 2.12 bits per heavy atom. The summed E-state index contributed by atoms with van der Waals surface area (Å²) < 4.78 is 23.1. The van der Waals surface area contributed by atoms with Crippen LogP contribution in [0, 0.1) is 5.13 Å². The molecule has 1 N–H and O–H groups in total. The van der Waals surface area contributed by atoms with Gasteiger partial charge in [-0.25, -0.2) is 5.43 Å². The number of ether oxygens (including phenoxy) is 1. The highest BCUT2D eigenvalue weighted by Crippen LogP contribution is 2.23. The Hall–Kier alpha value is -3.00. The average molecular weight is 345 g/mol. The second-order valence-corrected chi connectivity index (χ2v) is 5.71. The minimum Gasteiger partial charge on any atom is -0.497 e. The van der Waals surface area contributed by atoms with Gasteiger partial charge in [-0.15, -0.1) is 11.3 Å². The maximum atomic E-state index is 12.8. The van der Waals surface area contributed by atoms with Gasteiger partial charge in [0, 0.05) is 11.6 Å². The molecule has 0 spiro atoms. The number of methoxy groups -OCH3 is 1. The van der Waals surface area contributed by atoms with E-state index in [9.17, 15) is 9.18 Å². The number of hydrogen-bond acceptors (Lipinski definition) is 6. The van der Waals surface area contributed by atoms with Gasteiger partial charge in [0.1, 0.15) is 5.75 Å². The third kappa shape index (κ3) is 3.66. The van der Waals surface area contributed by atoms with Gasteiger partial charge in [-0.1, -0.05) is 5.16 Å². The van der Waals surface area contributed by atoms with Gasteiger partial charge >= 0.3 is 0 Å². The van der Waals surface area contributed by atoms with Crippen LogP contribution in [0.5, 0.6) is 5.75 Å². The fourth-order valence-electron chi connectivity index (χ4n) is 1.88. The van der Waals surface area contributed by atoms with Gasteiger partial charge in [0.25, 0.3) is 5.91 Å². The van der Waals surface area contributed by atoms with Crippen molar-refractivity contribution in [1.29, 1.82) is 0 Å². The molecule has 0 aliphatic carbocycles. The molecule has 0 atom stereocenters. The maximum Gasteiger partial charge on any atom is 0.293 e. The molecule has 122 valence electrons. The van der Waals surface area contributed by atoms with Gasteiger partial charge in [-0.3, -0.25) is 4.79 Å². The van der Waals surface area contributed by atoms with Gasteiger partial charge in [0.2, 0.25) is 0 Å². The van der Waals surface area contributed by atoms with E-state index in [0.29, 0.717) is 10.6 Å². The SMILES string of the molecule is COc1ccc(-c2cc(C(=O)NN=Cc3ccc(F)s3)no2)cc1. The van der Waals surface area contributed by atoms with Gasteiger partial charge in [0.05, 0.1) is 18.2 Å². The Morgan fingerprint density at radius 3 is 2.79 bits per heavy atom. The number of aromatic nitrogens is 1. The molecule has 0 radical (unpaired) electrons. The van der Waals surface area contributed by atoms with E-state index in [1.807, 2.05) is 0 Å². The number of rotatable bonds is 5. The average Bonchev–Trinajstić information content (AvgIpc) is 3.24. The zero-order valence-electron chi connectivity index (χ0n) is 12.5. The highest BCUT2D eigenvalue weighted by atomic mass is 32.1. The first-order valence-corrected chi connectivity index (χ1v) is 7.67. The van der Waals surface area contributed by atoms with Crippen molar-refractivity contribution in [2.24, 2.45) is 5.10 Å². The number of benzene rings is 1. The van der Waals surface area contributed by atoms with Crippen LogP contribution in [-0.4, -0.2) is 24.4 Å². The second kappa shape index (κ2) is 7.05. The maximum absolute atomic E-state index is 12.8. The van der Waals surface area contributed by atoms with E-state index in [0.717, 1.165) is 22.6 Å². The molecule has 3 aromatic rings. The Labute approximate surface area is 140 Å². The number of carbonyl (C=O) groups excluding carboxylic acids is 1. The van der Waals surface area contributed by atoms with Crippen molar-refractivity contribution in [3.63, 3.8) is 0 Å². The van der Waals surface area contributed by atoms with Gasteiger partial charge in [-0.05, 0) is 36.4 Å². The predicted octanol–water partition coefficient (Wildman–Crippen LogP) is 3.31. The molecule has 0 saturated carbocycles. The molecule has 0 aliphatic rings. The third-order valence-electron chi connectivity index (χ3n) is 3.07. The molecule has 3 rings (SSSR count). The van der Waals surface area contributed by atoms with E-state index in [1.54, 1.807) is 37.4 Å². The summed E-state index contributed by atoms with van der Waals surface area (Å²) in [6.07, 6.45) is 1.36. The second-order valence-electron chi connectivity index (χ2n) is 4.65. The minimum absolute atomic E-state index is 0.0929. The summed E-state index contributed by atoms with van der Waals surface area (Å²) in [6, 6.07) is 11.6. The van der Waals surface area contributed by atoms with Crippen molar-refractivity contribution in [3.05, 3.63) is 58.2 Å². The molecule has 2 heterocycles. The number of halogens is 1. The highest BCUT2D eigenvalue weighted by Gasteiger charge is 2.13. The predicted molar refractivity (Wildman–Crippen MR) is 87.8 cm³/mol. The number of nitrogens with one attached hydrogen (secondary N) is 1. The largest absolute Gasteiger partial charge is 0.497 e. The summed E-state index contributed by atoms with van der Waals surface area (Å²) in [5.41, 5.74) is 3.17. The van der Waals surface area contributed by atoms with Crippen LogP contribution < -0.4 is 10.2 Å². The molecule has 0 fully saturated rings. The molecule has 0 saturated heterocycles. The topological polar surface area (TPSA) is 76.7 Å². The molecular weight excluding hydrogens is 333 g/mol. The first-order chi connectivity index (χ1) is 11.7. The molecule has 6 nitrogen and oxygen atoms in total. The van der Waals surface area contributed by atoms with Crippen molar-refractivity contribution in [2.45, 2.75) is 0 Å². The third-order valence-corrected chi connectivity index (χ3v) is 3.88. The first kappa shape index (κ1) is 15.9. The van der Waals surface area contributed by atoms with Gasteiger partial charge in [0.15, 0.2) is 16.6 Å². The van der Waals surface area contributed by atoms with E-state index >= 15 is 0 Å². The fraction of sp³-hybridized carbons (Fsp3) is 0.0625. The highest BCUT2D eigenvalue weighted by molar-refractivity contribution is 7.12. The number of thiophene rings is 1. The molecule has 1 amide bonds. The fourth-order valence-corrected chi connectivity index (χ4v) is 2.49. The zero-order chi connectivity index (χ0) is 16.9. The summed E-state index contributed by atoms with van der Waals surface area (Å²) >= 11 is 0.928.